The summed E-state index contributed by atoms with van der Waals surface area (Å²) in [6, 6.07) is 1.98. The van der Waals surface area contributed by atoms with Gasteiger partial charge in [0.05, 0.1) is 6.61 Å². The number of rotatable bonds is 7. The Morgan fingerprint density at radius 1 is 1.23 bits per heavy atom. The van der Waals surface area contributed by atoms with Gasteiger partial charge in [0.1, 0.15) is 0 Å². The van der Waals surface area contributed by atoms with Crippen molar-refractivity contribution in [2.75, 3.05) is 32.8 Å². The Hall–Kier alpha value is -1.19. The quantitative estimate of drug-likeness (QED) is 0.644. The minimum absolute atomic E-state index is 0.290. The molecule has 1 N–H and O–H groups in total. The van der Waals surface area contributed by atoms with E-state index >= 15 is 0 Å². The van der Waals surface area contributed by atoms with Gasteiger partial charge in [-0.3, -0.25) is 0 Å². The van der Waals surface area contributed by atoms with Crippen LogP contribution in [0.15, 0.2) is 30.4 Å². The molecule has 2 unspecified atom stereocenters. The molecule has 2 aliphatic heterocycles. The van der Waals surface area contributed by atoms with Crippen molar-refractivity contribution in [3.8, 4) is 5.06 Å². The second-order valence-corrected chi connectivity index (χ2v) is 11.7. The number of piperidine rings is 1. The largest absolute Gasteiger partial charge is 0.484 e. The molecule has 1 aliphatic carbocycles. The number of aliphatic hydroxyl groups is 1. The number of ether oxygens (including phenoxy) is 1. The van der Waals surface area contributed by atoms with Crippen LogP contribution in [-0.4, -0.2) is 60.4 Å². The first-order valence-electron chi connectivity index (χ1n) is 10.9. The Morgan fingerprint density at radius 2 is 2.03 bits per heavy atom. The lowest BCUT2D eigenvalue weighted by atomic mass is 9.99. The summed E-state index contributed by atoms with van der Waals surface area (Å²) in [6.07, 6.45) is 12.1. The van der Waals surface area contributed by atoms with Gasteiger partial charge in [0.2, 0.25) is 15.0 Å². The topological polar surface area (TPSA) is 70.1 Å². The Bertz CT molecular complexity index is 902. The van der Waals surface area contributed by atoms with E-state index in [9.17, 15) is 13.5 Å². The Kier molecular flexibility index (Phi) is 6.70. The van der Waals surface area contributed by atoms with E-state index in [2.05, 4.69) is 4.90 Å². The maximum Gasteiger partial charge on any atom is 0.248 e. The molecule has 0 radical (unpaired) electrons. The number of allylic oxidation sites excluding steroid dienone is 2. The van der Waals surface area contributed by atoms with E-state index in [1.54, 1.807) is 36.5 Å². The van der Waals surface area contributed by atoms with Crippen LogP contribution >= 0.6 is 11.3 Å². The van der Waals surface area contributed by atoms with Gasteiger partial charge in [-0.05, 0) is 56.5 Å². The van der Waals surface area contributed by atoms with E-state index in [0.29, 0.717) is 19.6 Å². The average Bonchev–Trinajstić information content (AvgIpc) is 3.16. The van der Waals surface area contributed by atoms with Crippen LogP contribution in [0.1, 0.15) is 43.0 Å². The van der Waals surface area contributed by atoms with Crippen molar-refractivity contribution in [1.82, 2.24) is 9.21 Å². The fraction of sp³-hybridized carbons (Fsp3) is 0.636. The molecule has 0 bridgehead atoms. The predicted molar refractivity (Wildman–Crippen MR) is 120 cm³/mol. The molecule has 166 valence electrons. The third-order valence-electron chi connectivity index (χ3n) is 6.37. The van der Waals surface area contributed by atoms with Crippen molar-refractivity contribution >= 4 is 21.4 Å². The van der Waals surface area contributed by atoms with Crippen LogP contribution < -0.4 is 4.74 Å². The van der Waals surface area contributed by atoms with E-state index in [-0.39, 0.29) is 6.54 Å². The van der Waals surface area contributed by atoms with Crippen LogP contribution in [-0.2, 0) is 23.0 Å². The zero-order valence-corrected chi connectivity index (χ0v) is 19.3. The number of fused-ring (bicyclic) bond motifs is 1. The smallest absolute Gasteiger partial charge is 0.248 e. The van der Waals surface area contributed by atoms with Gasteiger partial charge in [-0.2, -0.15) is 4.31 Å². The molecule has 3 aliphatic rings. The lowest BCUT2D eigenvalue weighted by Crippen LogP contribution is -2.52. The fourth-order valence-electron chi connectivity index (χ4n) is 4.44. The van der Waals surface area contributed by atoms with Gasteiger partial charge >= 0.3 is 0 Å². The molecule has 8 heteroatoms. The molecule has 1 fully saturated rings. The molecular formula is C22H32N2O4S2. The summed E-state index contributed by atoms with van der Waals surface area (Å²) in [5.74, 6) is -0.491. The monoisotopic (exact) mass is 452 g/mol. The SMILES string of the molecule is CC1C=CC=CC1(O)S(=O)(=O)N1CCc2sc(OCCCN3CCCCC3)cc2C1. The molecule has 30 heavy (non-hydrogen) atoms. The normalized spacial score (nSPS) is 27.9. The van der Waals surface area contributed by atoms with Crippen LogP contribution in [0.2, 0.25) is 0 Å². The molecule has 0 saturated carbocycles. The maximum atomic E-state index is 13.2. The van der Waals surface area contributed by atoms with E-state index in [0.717, 1.165) is 23.6 Å². The van der Waals surface area contributed by atoms with Crippen molar-refractivity contribution < 1.29 is 18.3 Å². The Labute approximate surface area is 183 Å². The van der Waals surface area contributed by atoms with Crippen LogP contribution in [0.5, 0.6) is 5.06 Å². The van der Waals surface area contributed by atoms with Gasteiger partial charge < -0.3 is 14.7 Å². The molecule has 2 atom stereocenters. The van der Waals surface area contributed by atoms with E-state index in [1.165, 1.54) is 47.6 Å². The number of sulfonamides is 1. The van der Waals surface area contributed by atoms with Gasteiger partial charge in [0.15, 0.2) is 5.06 Å². The Balaban J connectivity index is 1.35. The summed E-state index contributed by atoms with van der Waals surface area (Å²) < 4.78 is 33.8. The van der Waals surface area contributed by atoms with E-state index in [4.69, 9.17) is 4.74 Å². The molecule has 1 aromatic heterocycles. The molecule has 6 nitrogen and oxygen atoms in total. The van der Waals surface area contributed by atoms with Crippen molar-refractivity contribution in [1.29, 1.82) is 0 Å². The highest BCUT2D eigenvalue weighted by molar-refractivity contribution is 7.90. The van der Waals surface area contributed by atoms with Gasteiger partial charge in [-0.1, -0.05) is 31.6 Å². The minimum atomic E-state index is -3.89. The van der Waals surface area contributed by atoms with Crippen LogP contribution in [0, 0.1) is 5.92 Å². The van der Waals surface area contributed by atoms with E-state index in [1.807, 2.05) is 6.07 Å². The number of hydrogen-bond acceptors (Lipinski definition) is 6. The molecule has 3 heterocycles. The molecule has 0 spiro atoms. The molecule has 1 saturated heterocycles. The average molecular weight is 453 g/mol. The van der Waals surface area contributed by atoms with Gasteiger partial charge in [0.25, 0.3) is 0 Å². The van der Waals surface area contributed by atoms with Crippen molar-refractivity contribution in [2.24, 2.45) is 5.92 Å². The summed E-state index contributed by atoms with van der Waals surface area (Å²) in [5.41, 5.74) is 0.993. The third-order valence-corrected chi connectivity index (χ3v) is 9.85. The molecule has 0 aromatic carbocycles. The summed E-state index contributed by atoms with van der Waals surface area (Å²) >= 11 is 1.62. The number of nitrogens with zero attached hydrogens (tertiary/aromatic N) is 2. The van der Waals surface area contributed by atoms with Crippen molar-refractivity contribution in [3.05, 3.63) is 40.8 Å². The van der Waals surface area contributed by atoms with E-state index < -0.39 is 20.9 Å². The van der Waals surface area contributed by atoms with Crippen LogP contribution in [0.25, 0.3) is 0 Å². The summed E-state index contributed by atoms with van der Waals surface area (Å²) in [7, 11) is -3.89. The maximum absolute atomic E-state index is 13.2. The van der Waals surface area contributed by atoms with Gasteiger partial charge in [0, 0.05) is 30.4 Å². The van der Waals surface area contributed by atoms with Crippen LogP contribution in [0.3, 0.4) is 0 Å². The standard InChI is InChI=1S/C22H32N2O4S2/c1-18-8-3-4-10-22(18,25)30(26,27)24-14-9-20-19(17-24)16-21(29-20)28-15-7-13-23-11-5-2-6-12-23/h3-4,8,10,16,18,25H,2,5-7,9,11-15,17H2,1H3. The highest BCUT2D eigenvalue weighted by atomic mass is 32.2. The molecule has 1 aromatic rings. The van der Waals surface area contributed by atoms with Crippen LogP contribution in [0.4, 0.5) is 0 Å². The second kappa shape index (κ2) is 9.12. The van der Waals surface area contributed by atoms with Gasteiger partial charge in [-0.25, -0.2) is 8.42 Å². The fourth-order valence-corrected chi connectivity index (χ4v) is 7.33. The highest BCUT2D eigenvalue weighted by Crippen LogP contribution is 2.38. The lowest BCUT2D eigenvalue weighted by molar-refractivity contribution is 0.124. The predicted octanol–water partition coefficient (Wildman–Crippen LogP) is 3.14. The molecule has 4 rings (SSSR count). The number of likely N-dealkylation sites (tertiary alicyclic amines) is 1. The lowest BCUT2D eigenvalue weighted by Gasteiger charge is -2.37. The van der Waals surface area contributed by atoms with Crippen molar-refractivity contribution in [3.63, 3.8) is 0 Å². The Morgan fingerprint density at radius 3 is 2.80 bits per heavy atom. The summed E-state index contributed by atoms with van der Waals surface area (Å²) in [5, 5.41) is 11.8. The zero-order chi connectivity index (χ0) is 21.2. The first-order chi connectivity index (χ1) is 14.4. The third kappa shape index (κ3) is 4.39. The molecular weight excluding hydrogens is 420 g/mol. The summed E-state index contributed by atoms with van der Waals surface area (Å²) in [4.78, 5) is 1.81. The van der Waals surface area contributed by atoms with Crippen molar-refractivity contribution in [2.45, 2.75) is 50.5 Å². The minimum Gasteiger partial charge on any atom is -0.484 e. The zero-order valence-electron chi connectivity index (χ0n) is 17.6. The first kappa shape index (κ1) is 22.0. The first-order valence-corrected chi connectivity index (χ1v) is 13.2. The number of thiophene rings is 1. The second-order valence-electron chi connectivity index (χ2n) is 8.49. The number of hydrogen-bond donors (Lipinski definition) is 1. The van der Waals surface area contributed by atoms with Gasteiger partial charge in [-0.15, -0.1) is 11.3 Å². The summed E-state index contributed by atoms with van der Waals surface area (Å²) in [6.45, 7) is 6.57. The molecule has 0 amide bonds. The highest BCUT2D eigenvalue weighted by Gasteiger charge is 2.48.